The lowest BCUT2D eigenvalue weighted by Crippen LogP contribution is -2.29. The van der Waals surface area contributed by atoms with Crippen LogP contribution in [0, 0.1) is 13.8 Å². The molecule has 2 heterocycles. The number of nitrogens with one attached hydrogen (secondary N) is 1. The number of benzene rings is 3. The van der Waals surface area contributed by atoms with Gasteiger partial charge in [0.1, 0.15) is 0 Å². The van der Waals surface area contributed by atoms with E-state index in [4.69, 9.17) is 4.98 Å². The zero-order valence-corrected chi connectivity index (χ0v) is 20.0. The summed E-state index contributed by atoms with van der Waals surface area (Å²) in [6, 6.07) is 22.5. The summed E-state index contributed by atoms with van der Waals surface area (Å²) in [4.78, 5) is 20.2. The fraction of sp³-hybridized carbons (Fsp3) is 0.267. The monoisotopic (exact) mass is 449 g/mol. The lowest BCUT2D eigenvalue weighted by molar-refractivity contribution is 0.102. The highest BCUT2D eigenvalue weighted by Gasteiger charge is 2.13. The fourth-order valence-corrected chi connectivity index (χ4v) is 4.75. The van der Waals surface area contributed by atoms with Crippen molar-refractivity contribution in [3.63, 3.8) is 0 Å². The number of likely N-dealkylation sites (tertiary alicyclic amines) is 1. The highest BCUT2D eigenvalue weighted by molar-refractivity contribution is 6.06. The summed E-state index contributed by atoms with van der Waals surface area (Å²) in [5, 5.41) is 4.20. The predicted molar refractivity (Wildman–Crippen MR) is 140 cm³/mol. The largest absolute Gasteiger partial charge is 0.322 e. The van der Waals surface area contributed by atoms with Gasteiger partial charge in [0.05, 0.1) is 5.52 Å². The van der Waals surface area contributed by atoms with Gasteiger partial charge in [-0.3, -0.25) is 14.7 Å². The summed E-state index contributed by atoms with van der Waals surface area (Å²) in [7, 11) is 0. The van der Waals surface area contributed by atoms with E-state index in [0.29, 0.717) is 5.56 Å². The van der Waals surface area contributed by atoms with Gasteiger partial charge >= 0.3 is 0 Å². The van der Waals surface area contributed by atoms with Crippen LogP contribution in [0.4, 0.5) is 5.69 Å². The summed E-state index contributed by atoms with van der Waals surface area (Å²) >= 11 is 0. The topological polar surface area (TPSA) is 45.2 Å². The van der Waals surface area contributed by atoms with Crippen LogP contribution >= 0.6 is 0 Å². The van der Waals surface area contributed by atoms with Crippen LogP contribution in [0.15, 0.2) is 72.9 Å². The summed E-state index contributed by atoms with van der Waals surface area (Å²) in [6.45, 7) is 7.41. The molecule has 4 aromatic rings. The van der Waals surface area contributed by atoms with Crippen LogP contribution in [0.2, 0.25) is 0 Å². The number of carbonyl (C=O) groups is 1. The van der Waals surface area contributed by atoms with Crippen molar-refractivity contribution in [2.24, 2.45) is 0 Å². The van der Waals surface area contributed by atoms with Gasteiger partial charge in [0.15, 0.2) is 0 Å². The van der Waals surface area contributed by atoms with E-state index < -0.39 is 0 Å². The average Bonchev–Trinajstić information content (AvgIpc) is 2.87. The summed E-state index contributed by atoms with van der Waals surface area (Å²) < 4.78 is 0. The molecule has 5 rings (SSSR count). The molecule has 0 unspecified atom stereocenters. The van der Waals surface area contributed by atoms with E-state index in [1.165, 1.54) is 43.5 Å². The molecule has 1 fully saturated rings. The van der Waals surface area contributed by atoms with Gasteiger partial charge in [-0.25, -0.2) is 0 Å². The van der Waals surface area contributed by atoms with Gasteiger partial charge < -0.3 is 5.32 Å². The lowest BCUT2D eigenvalue weighted by atomic mass is 10.0. The molecule has 0 spiro atoms. The Morgan fingerprint density at radius 1 is 0.882 bits per heavy atom. The number of hydrogen-bond acceptors (Lipinski definition) is 3. The molecule has 4 nitrogen and oxygen atoms in total. The number of aromatic nitrogens is 1. The molecule has 3 aromatic carbocycles. The Kier molecular flexibility index (Phi) is 6.41. The molecule has 0 bridgehead atoms. The second-order valence-electron chi connectivity index (χ2n) is 9.39. The van der Waals surface area contributed by atoms with Gasteiger partial charge in [-0.1, -0.05) is 54.4 Å². The van der Waals surface area contributed by atoms with Gasteiger partial charge in [-0.05, 0) is 86.3 Å². The number of piperidine rings is 1. The quantitative estimate of drug-likeness (QED) is 0.366. The second-order valence-corrected chi connectivity index (χ2v) is 9.39. The maximum atomic E-state index is 12.9. The van der Waals surface area contributed by atoms with Crippen molar-refractivity contribution in [3.05, 3.63) is 95.2 Å². The molecule has 1 amide bonds. The van der Waals surface area contributed by atoms with Crippen LogP contribution in [0.1, 0.15) is 46.3 Å². The summed E-state index contributed by atoms with van der Waals surface area (Å²) in [5.74, 6) is -0.111. The van der Waals surface area contributed by atoms with E-state index in [0.717, 1.165) is 39.8 Å². The number of carbonyl (C=O) groups excluding carboxylic acids is 1. The van der Waals surface area contributed by atoms with Gasteiger partial charge in [-0.15, -0.1) is 0 Å². The number of amides is 1. The number of nitrogens with zero attached hydrogens (tertiary/aromatic N) is 2. The van der Waals surface area contributed by atoms with Crippen LogP contribution in [0.25, 0.3) is 22.0 Å². The predicted octanol–water partition coefficient (Wildman–Crippen LogP) is 6.76. The molecule has 1 aliphatic heterocycles. The number of aryl methyl sites for hydroxylation is 2. The first-order chi connectivity index (χ1) is 16.6. The Balaban J connectivity index is 1.30. The third-order valence-electron chi connectivity index (χ3n) is 6.80. The number of fused-ring (bicyclic) bond motifs is 1. The number of hydrogen-bond donors (Lipinski definition) is 1. The molecule has 0 radical (unpaired) electrons. The molecule has 0 atom stereocenters. The van der Waals surface area contributed by atoms with E-state index in [-0.39, 0.29) is 5.91 Å². The van der Waals surface area contributed by atoms with E-state index in [2.05, 4.69) is 53.5 Å². The Morgan fingerprint density at radius 3 is 2.26 bits per heavy atom. The second kappa shape index (κ2) is 9.78. The zero-order valence-electron chi connectivity index (χ0n) is 20.0. The molecule has 172 valence electrons. The van der Waals surface area contributed by atoms with E-state index in [1.807, 2.05) is 43.5 Å². The fourth-order valence-electron chi connectivity index (χ4n) is 4.75. The SMILES string of the molecule is Cc1ccc(-c2ccc(C(=O)Nc3ccc4cc(CN5CCCCC5)cnc4c3C)cc2)cc1. The Bertz CT molecular complexity index is 1300. The van der Waals surface area contributed by atoms with Gasteiger partial charge in [-0.2, -0.15) is 0 Å². The van der Waals surface area contributed by atoms with Crippen molar-refractivity contribution >= 4 is 22.5 Å². The minimum absolute atomic E-state index is 0.111. The first kappa shape index (κ1) is 22.3. The highest BCUT2D eigenvalue weighted by atomic mass is 16.1. The highest BCUT2D eigenvalue weighted by Crippen LogP contribution is 2.26. The maximum absolute atomic E-state index is 12.9. The lowest BCUT2D eigenvalue weighted by Gasteiger charge is -2.26. The molecule has 0 saturated carbocycles. The van der Waals surface area contributed by atoms with Crippen molar-refractivity contribution in [2.75, 3.05) is 18.4 Å². The maximum Gasteiger partial charge on any atom is 0.255 e. The van der Waals surface area contributed by atoms with E-state index in [1.54, 1.807) is 0 Å². The summed E-state index contributed by atoms with van der Waals surface area (Å²) in [6.07, 6.45) is 5.91. The first-order valence-corrected chi connectivity index (χ1v) is 12.2. The van der Waals surface area contributed by atoms with Gasteiger partial charge in [0.25, 0.3) is 5.91 Å². The third-order valence-corrected chi connectivity index (χ3v) is 6.80. The number of anilines is 1. The smallest absolute Gasteiger partial charge is 0.255 e. The molecule has 34 heavy (non-hydrogen) atoms. The first-order valence-electron chi connectivity index (χ1n) is 12.2. The minimum Gasteiger partial charge on any atom is -0.322 e. The van der Waals surface area contributed by atoms with Crippen molar-refractivity contribution in [2.45, 2.75) is 39.7 Å². The van der Waals surface area contributed by atoms with Gasteiger partial charge in [0.2, 0.25) is 0 Å². The molecule has 0 aliphatic carbocycles. The number of rotatable bonds is 5. The minimum atomic E-state index is -0.111. The van der Waals surface area contributed by atoms with Crippen molar-refractivity contribution in [3.8, 4) is 11.1 Å². The van der Waals surface area contributed by atoms with Crippen LogP contribution in [0.3, 0.4) is 0 Å². The normalized spacial score (nSPS) is 14.3. The summed E-state index contributed by atoms with van der Waals surface area (Å²) in [5.41, 5.74) is 8.10. The average molecular weight is 450 g/mol. The molecule has 1 N–H and O–H groups in total. The van der Waals surface area contributed by atoms with Crippen molar-refractivity contribution < 1.29 is 4.79 Å². The Morgan fingerprint density at radius 2 is 1.56 bits per heavy atom. The molecule has 1 aliphatic rings. The molecule has 1 saturated heterocycles. The van der Waals surface area contributed by atoms with Crippen molar-refractivity contribution in [1.29, 1.82) is 0 Å². The van der Waals surface area contributed by atoms with Crippen LogP contribution < -0.4 is 5.32 Å². The van der Waals surface area contributed by atoms with Crippen molar-refractivity contribution in [1.82, 2.24) is 9.88 Å². The van der Waals surface area contributed by atoms with Gasteiger partial charge in [0, 0.05) is 29.4 Å². The molecule has 4 heteroatoms. The standard InChI is InChI=1S/C30H31N3O/c1-21-6-8-24(9-7-21)25-10-12-26(13-11-25)30(34)32-28-15-14-27-18-23(19-31-29(27)22(28)2)20-33-16-4-3-5-17-33/h6-15,18-19H,3-5,16-17,20H2,1-2H3,(H,32,34). The number of pyridine rings is 1. The van der Waals surface area contributed by atoms with Crippen LogP contribution in [0.5, 0.6) is 0 Å². The Labute approximate surface area is 201 Å². The van der Waals surface area contributed by atoms with E-state index in [9.17, 15) is 4.79 Å². The van der Waals surface area contributed by atoms with E-state index >= 15 is 0 Å². The molecular formula is C30H31N3O. The Hall–Kier alpha value is -3.50. The van der Waals surface area contributed by atoms with Crippen LogP contribution in [-0.4, -0.2) is 28.9 Å². The molecule has 1 aromatic heterocycles. The third kappa shape index (κ3) is 4.87. The molecular weight excluding hydrogens is 418 g/mol. The zero-order chi connectivity index (χ0) is 23.5. The van der Waals surface area contributed by atoms with Crippen LogP contribution in [-0.2, 0) is 6.54 Å².